The minimum Gasteiger partial charge on any atom is -0.370 e. The highest BCUT2D eigenvalue weighted by Crippen LogP contribution is 2.24. The van der Waals surface area contributed by atoms with Crippen molar-refractivity contribution in [3.8, 4) is 0 Å². The Bertz CT molecular complexity index is 417. The Labute approximate surface area is 123 Å². The van der Waals surface area contributed by atoms with E-state index in [-0.39, 0.29) is 11.9 Å². The Balaban J connectivity index is 2.81. The summed E-state index contributed by atoms with van der Waals surface area (Å²) in [5, 5.41) is 0. The maximum Gasteiger partial charge on any atom is 0.146 e. The lowest BCUT2D eigenvalue weighted by Gasteiger charge is -2.29. The third-order valence-electron chi connectivity index (χ3n) is 3.89. The van der Waals surface area contributed by atoms with Crippen molar-refractivity contribution in [3.63, 3.8) is 0 Å². The van der Waals surface area contributed by atoms with E-state index in [1.165, 1.54) is 0 Å². The summed E-state index contributed by atoms with van der Waals surface area (Å²) in [5.41, 5.74) is 7.57. The molecule has 0 saturated carbocycles. The molecule has 0 aromatic heterocycles. The first-order valence-corrected chi connectivity index (χ1v) is 7.62. The predicted molar refractivity (Wildman–Crippen MR) is 85.7 cm³/mol. The molecule has 1 aromatic rings. The predicted octanol–water partition coefficient (Wildman–Crippen LogP) is 3.98. The van der Waals surface area contributed by atoms with Crippen molar-refractivity contribution < 1.29 is 4.39 Å². The van der Waals surface area contributed by atoms with Crippen LogP contribution in [0.4, 0.5) is 10.1 Å². The Kier molecular flexibility index (Phi) is 6.47. The lowest BCUT2D eigenvalue weighted by molar-refractivity contribution is 0.498. The number of nitrogens with zero attached hydrogens (tertiary/aromatic N) is 1. The maximum atomic E-state index is 14.3. The normalized spacial score (nSPS) is 14.4. The zero-order chi connectivity index (χ0) is 15.3. The number of hydrogen-bond acceptors (Lipinski definition) is 2. The lowest BCUT2D eigenvalue weighted by Crippen LogP contribution is -2.30. The molecule has 0 spiro atoms. The molecule has 0 saturated heterocycles. The molecule has 1 rings (SSSR count). The average Bonchev–Trinajstić information content (AvgIpc) is 2.37. The van der Waals surface area contributed by atoms with E-state index in [1.54, 1.807) is 6.07 Å². The summed E-state index contributed by atoms with van der Waals surface area (Å²) in [7, 11) is 1.96. The molecule has 0 amide bonds. The molecular formula is C17H29FN2. The van der Waals surface area contributed by atoms with Gasteiger partial charge in [-0.05, 0) is 49.8 Å². The van der Waals surface area contributed by atoms with E-state index < -0.39 is 0 Å². The van der Waals surface area contributed by atoms with Gasteiger partial charge in [0.15, 0.2) is 0 Å². The summed E-state index contributed by atoms with van der Waals surface area (Å²) < 4.78 is 14.3. The second kappa shape index (κ2) is 7.63. The Hall–Kier alpha value is -1.09. The molecule has 20 heavy (non-hydrogen) atoms. The van der Waals surface area contributed by atoms with Crippen LogP contribution in [0.15, 0.2) is 18.2 Å². The Morgan fingerprint density at radius 3 is 2.40 bits per heavy atom. The number of benzene rings is 1. The van der Waals surface area contributed by atoms with E-state index in [4.69, 9.17) is 5.73 Å². The van der Waals surface area contributed by atoms with Crippen molar-refractivity contribution in [2.24, 2.45) is 11.7 Å². The highest BCUT2D eigenvalue weighted by atomic mass is 19.1. The minimum atomic E-state index is -0.149. The van der Waals surface area contributed by atoms with E-state index in [1.807, 2.05) is 24.1 Å². The van der Waals surface area contributed by atoms with Crippen LogP contribution in [0.2, 0.25) is 0 Å². The lowest BCUT2D eigenvalue weighted by atomic mass is 10.0. The summed E-state index contributed by atoms with van der Waals surface area (Å²) in [6.45, 7) is 8.57. The summed E-state index contributed by atoms with van der Waals surface area (Å²) in [5.74, 6) is 0.459. The van der Waals surface area contributed by atoms with Gasteiger partial charge < -0.3 is 10.6 Å². The van der Waals surface area contributed by atoms with Crippen molar-refractivity contribution in [3.05, 3.63) is 29.6 Å². The number of rotatable bonds is 7. The fraction of sp³-hybridized carbons (Fsp3) is 0.647. The molecule has 0 aliphatic rings. The number of nitrogens with two attached hydrogens (primary N) is 1. The molecule has 2 atom stereocenters. The quantitative estimate of drug-likeness (QED) is 0.818. The topological polar surface area (TPSA) is 29.3 Å². The zero-order valence-corrected chi connectivity index (χ0v) is 13.5. The van der Waals surface area contributed by atoms with Crippen molar-refractivity contribution in [1.82, 2.24) is 0 Å². The molecule has 2 unspecified atom stereocenters. The molecule has 114 valence electrons. The first-order valence-electron chi connectivity index (χ1n) is 7.62. The average molecular weight is 280 g/mol. The fourth-order valence-corrected chi connectivity index (χ4v) is 2.49. The Morgan fingerprint density at radius 1 is 1.25 bits per heavy atom. The van der Waals surface area contributed by atoms with Gasteiger partial charge >= 0.3 is 0 Å². The molecule has 1 aromatic carbocycles. The van der Waals surface area contributed by atoms with Crippen LogP contribution in [-0.4, -0.2) is 19.1 Å². The highest BCUT2D eigenvalue weighted by molar-refractivity contribution is 5.49. The number of halogens is 1. The van der Waals surface area contributed by atoms with Gasteiger partial charge in [0.2, 0.25) is 0 Å². The van der Waals surface area contributed by atoms with Crippen LogP contribution in [0.5, 0.6) is 0 Å². The van der Waals surface area contributed by atoms with E-state index in [9.17, 15) is 4.39 Å². The SMILES string of the molecule is CCC(N)Cc1ccc(N(C)C(C)CC(C)C)c(F)c1. The first kappa shape index (κ1) is 17.0. The molecule has 2 nitrogen and oxygen atoms in total. The van der Waals surface area contributed by atoms with Gasteiger partial charge in [0.25, 0.3) is 0 Å². The van der Waals surface area contributed by atoms with Crippen LogP contribution >= 0.6 is 0 Å². The molecule has 0 radical (unpaired) electrons. The molecule has 0 heterocycles. The molecule has 0 aliphatic carbocycles. The van der Waals surface area contributed by atoms with Gasteiger partial charge in [-0.1, -0.05) is 26.8 Å². The van der Waals surface area contributed by atoms with E-state index in [0.29, 0.717) is 17.6 Å². The van der Waals surface area contributed by atoms with Crippen molar-refractivity contribution in [2.45, 2.75) is 59.0 Å². The van der Waals surface area contributed by atoms with E-state index in [2.05, 4.69) is 27.7 Å². The molecule has 0 bridgehead atoms. The minimum absolute atomic E-state index is 0.109. The third-order valence-corrected chi connectivity index (χ3v) is 3.89. The first-order chi connectivity index (χ1) is 9.35. The van der Waals surface area contributed by atoms with Crippen LogP contribution in [0.1, 0.15) is 46.1 Å². The fourth-order valence-electron chi connectivity index (χ4n) is 2.49. The van der Waals surface area contributed by atoms with Crippen LogP contribution in [0.25, 0.3) is 0 Å². The van der Waals surface area contributed by atoms with Crippen molar-refractivity contribution in [1.29, 1.82) is 0 Å². The third kappa shape index (κ3) is 4.78. The molecule has 2 N–H and O–H groups in total. The maximum absolute atomic E-state index is 14.3. The van der Waals surface area contributed by atoms with Gasteiger partial charge in [-0.2, -0.15) is 0 Å². The Morgan fingerprint density at radius 2 is 1.90 bits per heavy atom. The van der Waals surface area contributed by atoms with Crippen LogP contribution in [0, 0.1) is 11.7 Å². The number of anilines is 1. The molecule has 0 aliphatic heterocycles. The van der Waals surface area contributed by atoms with E-state index >= 15 is 0 Å². The summed E-state index contributed by atoms with van der Waals surface area (Å²) in [6.07, 6.45) is 2.70. The van der Waals surface area contributed by atoms with Gasteiger partial charge in [0.1, 0.15) is 5.82 Å². The van der Waals surface area contributed by atoms with Gasteiger partial charge in [-0.3, -0.25) is 0 Å². The standard InChI is InChI=1S/C17H29FN2/c1-6-15(19)10-14-7-8-17(16(18)11-14)20(5)13(4)9-12(2)3/h7-8,11-13,15H,6,9-10,19H2,1-5H3. The van der Waals surface area contributed by atoms with Crippen molar-refractivity contribution in [2.75, 3.05) is 11.9 Å². The van der Waals surface area contributed by atoms with Gasteiger partial charge in [-0.25, -0.2) is 4.39 Å². The van der Waals surface area contributed by atoms with E-state index in [0.717, 1.165) is 24.8 Å². The van der Waals surface area contributed by atoms with Gasteiger partial charge in [-0.15, -0.1) is 0 Å². The second-order valence-electron chi connectivity index (χ2n) is 6.25. The zero-order valence-electron chi connectivity index (χ0n) is 13.5. The van der Waals surface area contributed by atoms with Gasteiger partial charge in [0.05, 0.1) is 5.69 Å². The summed E-state index contributed by atoms with van der Waals surface area (Å²) >= 11 is 0. The summed E-state index contributed by atoms with van der Waals surface area (Å²) in [4.78, 5) is 2.03. The van der Waals surface area contributed by atoms with Crippen LogP contribution in [0.3, 0.4) is 0 Å². The van der Waals surface area contributed by atoms with Crippen LogP contribution in [-0.2, 0) is 6.42 Å². The number of hydrogen-bond donors (Lipinski definition) is 1. The smallest absolute Gasteiger partial charge is 0.146 e. The second-order valence-corrected chi connectivity index (χ2v) is 6.25. The molecule has 3 heteroatoms. The molecule has 0 fully saturated rings. The molecular weight excluding hydrogens is 251 g/mol. The van der Waals surface area contributed by atoms with Gasteiger partial charge in [0, 0.05) is 19.1 Å². The van der Waals surface area contributed by atoms with Crippen molar-refractivity contribution >= 4 is 5.69 Å². The summed E-state index contributed by atoms with van der Waals surface area (Å²) in [6, 6.07) is 5.94. The largest absolute Gasteiger partial charge is 0.370 e. The monoisotopic (exact) mass is 280 g/mol. The van der Waals surface area contributed by atoms with Crippen LogP contribution < -0.4 is 10.6 Å². The highest BCUT2D eigenvalue weighted by Gasteiger charge is 2.15.